The van der Waals surface area contributed by atoms with E-state index in [1.54, 1.807) is 7.11 Å². The van der Waals surface area contributed by atoms with E-state index in [0.717, 1.165) is 18.8 Å². The summed E-state index contributed by atoms with van der Waals surface area (Å²) in [5, 5.41) is 0. The average Bonchev–Trinajstić information content (AvgIpc) is 2.52. The van der Waals surface area contributed by atoms with Crippen LogP contribution in [0.5, 0.6) is 5.75 Å². The minimum atomic E-state index is 0.293. The summed E-state index contributed by atoms with van der Waals surface area (Å²) >= 11 is 0. The van der Waals surface area contributed by atoms with Crippen molar-refractivity contribution in [3.8, 4) is 5.75 Å². The molecule has 0 saturated carbocycles. The number of hydrogen-bond donors (Lipinski definition) is 1. The van der Waals surface area contributed by atoms with Crippen molar-refractivity contribution in [1.82, 2.24) is 4.90 Å². The van der Waals surface area contributed by atoms with Gasteiger partial charge in [-0.25, -0.2) is 0 Å². The monoisotopic (exact) mass is 289 g/mol. The predicted octanol–water partition coefficient (Wildman–Crippen LogP) is 2.85. The molecule has 2 rings (SSSR count). The molecule has 116 valence electrons. The number of benzene rings is 1. The smallest absolute Gasteiger partial charge is 0.191 e. The summed E-state index contributed by atoms with van der Waals surface area (Å²) in [6.45, 7) is 7.18. The Morgan fingerprint density at radius 3 is 2.95 bits per heavy atom. The molecule has 0 amide bonds. The Balaban J connectivity index is 1.98. The number of likely N-dealkylation sites (tertiary alicyclic amines) is 1. The fourth-order valence-corrected chi connectivity index (χ4v) is 2.90. The normalized spacial score (nSPS) is 21.2. The Labute approximate surface area is 128 Å². The largest absolute Gasteiger partial charge is 0.496 e. The number of guanidine groups is 1. The minimum Gasteiger partial charge on any atom is -0.496 e. The third kappa shape index (κ3) is 4.13. The Bertz CT molecular complexity index is 487. The molecular weight excluding hydrogens is 262 g/mol. The lowest BCUT2D eigenvalue weighted by atomic mass is 10.00. The van der Waals surface area contributed by atoms with Gasteiger partial charge in [-0.1, -0.05) is 32.0 Å². The first-order valence-electron chi connectivity index (χ1n) is 7.79. The van der Waals surface area contributed by atoms with Crippen molar-refractivity contribution in [3.63, 3.8) is 0 Å². The van der Waals surface area contributed by atoms with Gasteiger partial charge in [0.25, 0.3) is 0 Å². The zero-order chi connectivity index (χ0) is 15.2. The van der Waals surface area contributed by atoms with E-state index in [1.165, 1.54) is 18.4 Å². The molecule has 4 nitrogen and oxygen atoms in total. The third-order valence-corrected chi connectivity index (χ3v) is 4.18. The van der Waals surface area contributed by atoms with E-state index in [0.29, 0.717) is 24.3 Å². The van der Waals surface area contributed by atoms with Gasteiger partial charge in [-0.15, -0.1) is 0 Å². The lowest BCUT2D eigenvalue weighted by Gasteiger charge is -2.31. The second kappa shape index (κ2) is 7.34. The van der Waals surface area contributed by atoms with E-state index in [9.17, 15) is 0 Å². The molecular formula is C17H27N3O. The molecule has 2 atom stereocenters. The van der Waals surface area contributed by atoms with Crippen LogP contribution in [0.1, 0.15) is 38.2 Å². The molecule has 1 aliphatic heterocycles. The van der Waals surface area contributed by atoms with Crippen molar-refractivity contribution in [1.29, 1.82) is 0 Å². The van der Waals surface area contributed by atoms with Gasteiger partial charge in [0.1, 0.15) is 5.75 Å². The van der Waals surface area contributed by atoms with Crippen LogP contribution in [-0.4, -0.2) is 37.6 Å². The Morgan fingerprint density at radius 1 is 1.48 bits per heavy atom. The lowest BCUT2D eigenvalue weighted by Crippen LogP contribution is -2.43. The van der Waals surface area contributed by atoms with Crippen LogP contribution in [0.15, 0.2) is 29.3 Å². The number of aliphatic imine (C=N–C) groups is 1. The predicted molar refractivity (Wildman–Crippen MR) is 87.9 cm³/mol. The van der Waals surface area contributed by atoms with Gasteiger partial charge in [-0.3, -0.25) is 4.99 Å². The molecule has 1 saturated heterocycles. The summed E-state index contributed by atoms with van der Waals surface area (Å²) in [6.07, 6.45) is 2.50. The summed E-state index contributed by atoms with van der Waals surface area (Å²) < 4.78 is 5.41. The van der Waals surface area contributed by atoms with E-state index >= 15 is 0 Å². The molecule has 2 unspecified atom stereocenters. The highest BCUT2D eigenvalue weighted by atomic mass is 16.5. The second-order valence-corrected chi connectivity index (χ2v) is 6.04. The zero-order valence-electron chi connectivity index (χ0n) is 13.4. The van der Waals surface area contributed by atoms with E-state index < -0.39 is 0 Å². The molecule has 0 bridgehead atoms. The van der Waals surface area contributed by atoms with Crippen LogP contribution in [0.4, 0.5) is 0 Å². The maximum atomic E-state index is 6.15. The summed E-state index contributed by atoms with van der Waals surface area (Å²) in [5.41, 5.74) is 7.34. The van der Waals surface area contributed by atoms with E-state index in [2.05, 4.69) is 29.8 Å². The Morgan fingerprint density at radius 2 is 2.24 bits per heavy atom. The number of methoxy groups -OCH3 is 1. The average molecular weight is 289 g/mol. The van der Waals surface area contributed by atoms with Crippen LogP contribution in [0.25, 0.3) is 0 Å². The topological polar surface area (TPSA) is 50.9 Å². The van der Waals surface area contributed by atoms with Gasteiger partial charge in [0.15, 0.2) is 5.96 Å². The Hall–Kier alpha value is -1.71. The second-order valence-electron chi connectivity index (χ2n) is 6.04. The van der Waals surface area contributed by atoms with Crippen LogP contribution < -0.4 is 10.5 Å². The highest BCUT2D eigenvalue weighted by molar-refractivity contribution is 5.78. The lowest BCUT2D eigenvalue weighted by molar-refractivity contribution is 0.270. The van der Waals surface area contributed by atoms with Gasteiger partial charge in [-0.05, 0) is 30.4 Å². The SMILES string of the molecule is COc1ccccc1C(C)CN=C(N)N1CCCC(C)C1. The maximum absolute atomic E-state index is 6.15. The summed E-state index contributed by atoms with van der Waals surface area (Å²) in [7, 11) is 1.71. The number of ether oxygens (including phenoxy) is 1. The summed E-state index contributed by atoms with van der Waals surface area (Å²) in [4.78, 5) is 6.81. The number of rotatable bonds is 4. The van der Waals surface area contributed by atoms with Gasteiger partial charge in [0.2, 0.25) is 0 Å². The van der Waals surface area contributed by atoms with Crippen LogP contribution in [0.3, 0.4) is 0 Å². The molecule has 0 radical (unpaired) electrons. The number of hydrogen-bond acceptors (Lipinski definition) is 2. The molecule has 0 aromatic heterocycles. The van der Waals surface area contributed by atoms with Crippen LogP contribution >= 0.6 is 0 Å². The van der Waals surface area contributed by atoms with Crippen LogP contribution in [0, 0.1) is 5.92 Å². The molecule has 4 heteroatoms. The third-order valence-electron chi connectivity index (χ3n) is 4.18. The van der Waals surface area contributed by atoms with Crippen molar-refractivity contribution in [2.45, 2.75) is 32.6 Å². The molecule has 1 fully saturated rings. The Kier molecular flexibility index (Phi) is 5.48. The number of nitrogens with zero attached hydrogens (tertiary/aromatic N) is 2. The molecule has 0 aliphatic carbocycles. The summed E-state index contributed by atoms with van der Waals surface area (Å²) in [5.74, 6) is 2.61. The first kappa shape index (κ1) is 15.7. The first-order valence-corrected chi connectivity index (χ1v) is 7.79. The van der Waals surface area contributed by atoms with Gasteiger partial charge >= 0.3 is 0 Å². The van der Waals surface area contributed by atoms with Gasteiger partial charge in [-0.2, -0.15) is 0 Å². The fraction of sp³-hybridized carbons (Fsp3) is 0.588. The fourth-order valence-electron chi connectivity index (χ4n) is 2.90. The van der Waals surface area contributed by atoms with Crippen molar-refractivity contribution < 1.29 is 4.74 Å². The van der Waals surface area contributed by atoms with E-state index in [1.807, 2.05) is 18.2 Å². The van der Waals surface area contributed by atoms with E-state index in [4.69, 9.17) is 10.5 Å². The van der Waals surface area contributed by atoms with Gasteiger partial charge in [0.05, 0.1) is 7.11 Å². The van der Waals surface area contributed by atoms with E-state index in [-0.39, 0.29) is 0 Å². The zero-order valence-corrected chi connectivity index (χ0v) is 13.4. The van der Waals surface area contributed by atoms with Crippen molar-refractivity contribution in [2.75, 3.05) is 26.7 Å². The van der Waals surface area contributed by atoms with Crippen molar-refractivity contribution in [3.05, 3.63) is 29.8 Å². The molecule has 1 aliphatic rings. The molecule has 0 spiro atoms. The summed E-state index contributed by atoms with van der Waals surface area (Å²) in [6, 6.07) is 8.11. The van der Waals surface area contributed by atoms with Crippen LogP contribution in [-0.2, 0) is 0 Å². The highest BCUT2D eigenvalue weighted by Gasteiger charge is 2.18. The van der Waals surface area contributed by atoms with Crippen molar-refractivity contribution in [2.24, 2.45) is 16.6 Å². The maximum Gasteiger partial charge on any atom is 0.191 e. The molecule has 1 aromatic rings. The number of piperidine rings is 1. The van der Waals surface area contributed by atoms with Crippen molar-refractivity contribution >= 4 is 5.96 Å². The minimum absolute atomic E-state index is 0.293. The standard InChI is InChI=1S/C17H27N3O/c1-13-7-6-10-20(12-13)17(18)19-11-14(2)15-8-4-5-9-16(15)21-3/h4-5,8-9,13-14H,6-7,10-12H2,1-3H3,(H2,18,19). The number of nitrogens with two attached hydrogens (primary N) is 1. The van der Waals surface area contributed by atoms with Gasteiger partial charge in [0, 0.05) is 25.6 Å². The van der Waals surface area contributed by atoms with Crippen LogP contribution in [0.2, 0.25) is 0 Å². The number of para-hydroxylation sites is 1. The molecule has 2 N–H and O–H groups in total. The highest BCUT2D eigenvalue weighted by Crippen LogP contribution is 2.26. The molecule has 21 heavy (non-hydrogen) atoms. The van der Waals surface area contributed by atoms with Gasteiger partial charge < -0.3 is 15.4 Å². The molecule has 1 aromatic carbocycles. The quantitative estimate of drug-likeness (QED) is 0.685. The molecule has 1 heterocycles. The first-order chi connectivity index (χ1) is 10.1.